The maximum atomic E-state index is 4.77. The van der Waals surface area contributed by atoms with Gasteiger partial charge in [0.1, 0.15) is 0 Å². The summed E-state index contributed by atoms with van der Waals surface area (Å²) in [7, 11) is 4.48. The van der Waals surface area contributed by atoms with Crippen LogP contribution in [0.4, 0.5) is 0 Å². The van der Waals surface area contributed by atoms with Crippen molar-refractivity contribution in [1.29, 1.82) is 0 Å². The molecule has 0 atom stereocenters. The second kappa shape index (κ2) is 7.55. The van der Waals surface area contributed by atoms with Gasteiger partial charge in [0.15, 0.2) is 0 Å². The van der Waals surface area contributed by atoms with Gasteiger partial charge in [-0.05, 0) is 66.0 Å². The Hall–Kier alpha value is -1.62. The van der Waals surface area contributed by atoms with Crippen LogP contribution in [0.1, 0.15) is 57.3 Å². The van der Waals surface area contributed by atoms with Gasteiger partial charge in [-0.15, -0.1) is 0 Å². The molecule has 0 radical (unpaired) electrons. The summed E-state index contributed by atoms with van der Waals surface area (Å²) in [4.78, 5) is 6.96. The van der Waals surface area contributed by atoms with E-state index in [1.807, 2.05) is 12.5 Å². The Bertz CT molecular complexity index is 732. The molecule has 1 aliphatic rings. The van der Waals surface area contributed by atoms with Gasteiger partial charge in [0.05, 0.1) is 23.9 Å². The summed E-state index contributed by atoms with van der Waals surface area (Å²) in [5.41, 5.74) is 5.05. The third-order valence-electron chi connectivity index (χ3n) is 6.40. The van der Waals surface area contributed by atoms with Crippen molar-refractivity contribution in [3.8, 4) is 11.3 Å². The number of hydrogen-bond donors (Lipinski definition) is 0. The van der Waals surface area contributed by atoms with Crippen LogP contribution < -0.4 is 0 Å². The Kier molecular flexibility index (Phi) is 5.56. The Morgan fingerprint density at radius 1 is 1.23 bits per heavy atom. The zero-order valence-corrected chi connectivity index (χ0v) is 17.4. The number of aromatic nitrogens is 4. The van der Waals surface area contributed by atoms with Crippen LogP contribution in [0.3, 0.4) is 0 Å². The fraction of sp³-hybridized carbons (Fsp3) is 0.714. The predicted molar refractivity (Wildman–Crippen MR) is 107 cm³/mol. The molecule has 2 aromatic rings. The van der Waals surface area contributed by atoms with Crippen molar-refractivity contribution in [2.24, 2.45) is 5.92 Å². The lowest BCUT2D eigenvalue weighted by atomic mass is 9.76. The third-order valence-corrected chi connectivity index (χ3v) is 6.40. The van der Waals surface area contributed by atoms with E-state index in [0.717, 1.165) is 31.1 Å². The van der Waals surface area contributed by atoms with Crippen LogP contribution in [0.2, 0.25) is 0 Å². The fourth-order valence-electron chi connectivity index (χ4n) is 4.52. The minimum atomic E-state index is 0.225. The monoisotopic (exact) mass is 357 g/mol. The lowest BCUT2D eigenvalue weighted by Gasteiger charge is -2.45. The second-order valence-corrected chi connectivity index (χ2v) is 8.48. The molecule has 2 aromatic heterocycles. The van der Waals surface area contributed by atoms with Gasteiger partial charge in [0, 0.05) is 29.9 Å². The number of nitrogens with zero attached hydrogens (tertiary/aromatic N) is 5. The van der Waals surface area contributed by atoms with Crippen molar-refractivity contribution >= 4 is 0 Å². The van der Waals surface area contributed by atoms with Crippen LogP contribution in [0.15, 0.2) is 12.5 Å². The first-order chi connectivity index (χ1) is 12.4. The number of likely N-dealkylation sites (N-methyl/N-ethyl adjacent to an activating group) is 1. The molecule has 0 bridgehead atoms. The van der Waals surface area contributed by atoms with Gasteiger partial charge in [-0.3, -0.25) is 4.68 Å². The molecule has 0 saturated heterocycles. The molecule has 3 rings (SSSR count). The van der Waals surface area contributed by atoms with Gasteiger partial charge >= 0.3 is 0 Å². The maximum absolute atomic E-state index is 4.77. The predicted octanol–water partition coefficient (Wildman–Crippen LogP) is 4.28. The molecule has 1 fully saturated rings. The molecule has 5 nitrogen and oxygen atoms in total. The summed E-state index contributed by atoms with van der Waals surface area (Å²) >= 11 is 0. The highest BCUT2D eigenvalue weighted by atomic mass is 15.3. The lowest BCUT2D eigenvalue weighted by Crippen LogP contribution is -2.50. The zero-order chi connectivity index (χ0) is 18.9. The highest BCUT2D eigenvalue weighted by Gasteiger charge is 2.37. The molecule has 0 N–H and O–H groups in total. The number of hydrogen-bond acceptors (Lipinski definition) is 3. The fourth-order valence-corrected chi connectivity index (χ4v) is 4.52. The van der Waals surface area contributed by atoms with Gasteiger partial charge in [0.25, 0.3) is 0 Å². The van der Waals surface area contributed by atoms with Crippen LogP contribution in [0.25, 0.3) is 11.3 Å². The SMILES string of the molecule is CCCn1nc(C)c(-c2cncn2CC2(N(C)C)CCC(C)CC2)c1C. The maximum Gasteiger partial charge on any atom is 0.0951 e. The van der Waals surface area contributed by atoms with E-state index < -0.39 is 0 Å². The van der Waals surface area contributed by atoms with Gasteiger partial charge in [-0.1, -0.05) is 13.8 Å². The summed E-state index contributed by atoms with van der Waals surface area (Å²) in [5.74, 6) is 0.849. The molecule has 0 amide bonds. The zero-order valence-electron chi connectivity index (χ0n) is 17.4. The Labute approximate surface area is 158 Å². The molecule has 1 aliphatic carbocycles. The third kappa shape index (κ3) is 3.46. The first-order valence-electron chi connectivity index (χ1n) is 10.1. The van der Waals surface area contributed by atoms with Crippen molar-refractivity contribution in [3.05, 3.63) is 23.9 Å². The lowest BCUT2D eigenvalue weighted by molar-refractivity contribution is 0.0657. The Balaban J connectivity index is 1.94. The van der Waals surface area contributed by atoms with Crippen LogP contribution in [0, 0.1) is 19.8 Å². The molecule has 144 valence electrons. The molecular weight excluding hydrogens is 322 g/mol. The molecule has 0 spiro atoms. The van der Waals surface area contributed by atoms with E-state index in [1.54, 1.807) is 0 Å². The first kappa shape index (κ1) is 19.2. The quantitative estimate of drug-likeness (QED) is 0.774. The summed E-state index contributed by atoms with van der Waals surface area (Å²) < 4.78 is 4.51. The molecule has 26 heavy (non-hydrogen) atoms. The molecule has 2 heterocycles. The van der Waals surface area contributed by atoms with Gasteiger partial charge in [0.2, 0.25) is 0 Å². The van der Waals surface area contributed by atoms with Crippen LogP contribution in [-0.4, -0.2) is 43.9 Å². The van der Waals surface area contributed by atoms with Crippen LogP contribution in [0.5, 0.6) is 0 Å². The van der Waals surface area contributed by atoms with Gasteiger partial charge < -0.3 is 9.47 Å². The molecule has 0 unspecified atom stereocenters. The molecule has 0 aromatic carbocycles. The minimum Gasteiger partial charge on any atom is -0.329 e. The highest BCUT2D eigenvalue weighted by Crippen LogP contribution is 2.38. The average Bonchev–Trinajstić information content (AvgIpc) is 3.14. The van der Waals surface area contributed by atoms with Gasteiger partial charge in [-0.25, -0.2) is 4.98 Å². The summed E-state index contributed by atoms with van der Waals surface area (Å²) in [5, 5.41) is 4.77. The summed E-state index contributed by atoms with van der Waals surface area (Å²) in [6, 6.07) is 0. The summed E-state index contributed by atoms with van der Waals surface area (Å²) in [6.45, 7) is 10.9. The minimum absolute atomic E-state index is 0.225. The number of imidazole rings is 1. The van der Waals surface area contributed by atoms with Crippen molar-refractivity contribution in [1.82, 2.24) is 24.2 Å². The van der Waals surface area contributed by atoms with Crippen molar-refractivity contribution in [2.75, 3.05) is 14.1 Å². The van der Waals surface area contributed by atoms with Crippen molar-refractivity contribution in [3.63, 3.8) is 0 Å². The van der Waals surface area contributed by atoms with E-state index in [1.165, 1.54) is 42.6 Å². The van der Waals surface area contributed by atoms with E-state index in [2.05, 4.69) is 60.9 Å². The molecule has 0 aliphatic heterocycles. The topological polar surface area (TPSA) is 38.9 Å². The molecule has 1 saturated carbocycles. The standard InChI is InChI=1S/C21H35N5/c1-7-12-26-18(4)20(17(3)23-26)19-13-22-15-25(19)14-21(24(5)6)10-8-16(2)9-11-21/h13,15-16H,7-12,14H2,1-6H3. The Morgan fingerprint density at radius 3 is 2.54 bits per heavy atom. The average molecular weight is 358 g/mol. The summed E-state index contributed by atoms with van der Waals surface area (Å²) in [6.07, 6.45) is 10.3. The molecule has 5 heteroatoms. The number of rotatable bonds is 6. The Morgan fingerprint density at radius 2 is 1.92 bits per heavy atom. The normalized spacial score (nSPS) is 23.7. The first-order valence-corrected chi connectivity index (χ1v) is 10.1. The van der Waals surface area contributed by atoms with Crippen LogP contribution >= 0.6 is 0 Å². The second-order valence-electron chi connectivity index (χ2n) is 8.48. The van der Waals surface area contributed by atoms with Crippen molar-refractivity contribution < 1.29 is 0 Å². The van der Waals surface area contributed by atoms with E-state index in [4.69, 9.17) is 5.10 Å². The van der Waals surface area contributed by atoms with E-state index in [9.17, 15) is 0 Å². The van der Waals surface area contributed by atoms with Gasteiger partial charge in [-0.2, -0.15) is 5.10 Å². The molecular formula is C21H35N5. The largest absolute Gasteiger partial charge is 0.329 e. The van der Waals surface area contributed by atoms with Crippen molar-refractivity contribution in [2.45, 2.75) is 78.4 Å². The highest BCUT2D eigenvalue weighted by molar-refractivity contribution is 5.64. The van der Waals surface area contributed by atoms with E-state index in [0.29, 0.717) is 0 Å². The number of aryl methyl sites for hydroxylation is 2. The van der Waals surface area contributed by atoms with E-state index in [-0.39, 0.29) is 5.54 Å². The van der Waals surface area contributed by atoms with Crippen LogP contribution in [-0.2, 0) is 13.1 Å². The van der Waals surface area contributed by atoms with E-state index >= 15 is 0 Å². The smallest absolute Gasteiger partial charge is 0.0951 e.